The van der Waals surface area contributed by atoms with Crippen LogP contribution in [0.3, 0.4) is 0 Å². The van der Waals surface area contributed by atoms with Crippen molar-refractivity contribution in [1.29, 1.82) is 5.26 Å². The lowest BCUT2D eigenvalue weighted by atomic mass is 9.98. The molecule has 0 unspecified atom stereocenters. The molecule has 0 saturated carbocycles. The minimum Gasteiger partial charge on any atom is -0.339 e. The number of urea groups is 1. The number of aromatic nitrogens is 2. The summed E-state index contributed by atoms with van der Waals surface area (Å²) in [5.41, 5.74) is 1.73. The van der Waals surface area contributed by atoms with E-state index in [-0.39, 0.29) is 17.8 Å². The number of benzene rings is 2. The lowest BCUT2D eigenvalue weighted by Crippen LogP contribution is -2.41. The quantitative estimate of drug-likeness (QED) is 0.723. The number of piperidine rings is 1. The number of anilines is 1. The predicted molar refractivity (Wildman–Crippen MR) is 103 cm³/mol. The number of rotatable bonds is 3. The number of hydrogen-bond acceptors (Lipinski definition) is 5. The van der Waals surface area contributed by atoms with Crippen LogP contribution in [0.5, 0.6) is 0 Å². The molecule has 146 valence electrons. The number of halogens is 1. The molecule has 1 atom stereocenters. The van der Waals surface area contributed by atoms with E-state index in [1.807, 2.05) is 0 Å². The van der Waals surface area contributed by atoms with E-state index in [2.05, 4.69) is 21.5 Å². The summed E-state index contributed by atoms with van der Waals surface area (Å²) in [7, 11) is 0. The van der Waals surface area contributed by atoms with Crippen molar-refractivity contribution in [2.75, 3.05) is 18.4 Å². The molecule has 2 amide bonds. The van der Waals surface area contributed by atoms with Crippen LogP contribution < -0.4 is 5.32 Å². The molecule has 1 aliphatic rings. The third-order valence-electron chi connectivity index (χ3n) is 4.84. The first-order valence-corrected chi connectivity index (χ1v) is 9.28. The number of carbonyl (C=O) groups is 1. The molecular weight excluding hydrogens is 373 g/mol. The maximum Gasteiger partial charge on any atom is 0.321 e. The van der Waals surface area contributed by atoms with Crippen molar-refractivity contribution < 1.29 is 13.7 Å². The van der Waals surface area contributed by atoms with Crippen LogP contribution >= 0.6 is 0 Å². The zero-order chi connectivity index (χ0) is 20.2. The first-order chi connectivity index (χ1) is 14.1. The van der Waals surface area contributed by atoms with Gasteiger partial charge in [0.05, 0.1) is 17.6 Å². The molecule has 0 spiro atoms. The summed E-state index contributed by atoms with van der Waals surface area (Å²) in [5, 5.41) is 15.8. The second kappa shape index (κ2) is 8.10. The van der Waals surface area contributed by atoms with E-state index in [4.69, 9.17) is 9.78 Å². The van der Waals surface area contributed by atoms with Gasteiger partial charge in [-0.05, 0) is 55.3 Å². The molecule has 0 aliphatic carbocycles. The molecule has 0 bridgehead atoms. The van der Waals surface area contributed by atoms with Crippen molar-refractivity contribution in [1.82, 2.24) is 15.0 Å². The molecule has 2 heterocycles. The van der Waals surface area contributed by atoms with Gasteiger partial charge >= 0.3 is 6.03 Å². The van der Waals surface area contributed by atoms with E-state index in [9.17, 15) is 9.18 Å². The Hall–Kier alpha value is -3.73. The summed E-state index contributed by atoms with van der Waals surface area (Å²) in [6.45, 7) is 1.08. The number of carbonyl (C=O) groups excluding carboxylic acids is 1. The Labute approximate surface area is 166 Å². The van der Waals surface area contributed by atoms with Gasteiger partial charge in [0.15, 0.2) is 0 Å². The van der Waals surface area contributed by atoms with Crippen LogP contribution in [0.25, 0.3) is 11.4 Å². The van der Waals surface area contributed by atoms with Crippen LogP contribution in [0.2, 0.25) is 0 Å². The van der Waals surface area contributed by atoms with Gasteiger partial charge in [-0.15, -0.1) is 0 Å². The molecule has 1 aromatic heterocycles. The van der Waals surface area contributed by atoms with Crippen molar-refractivity contribution in [3.63, 3.8) is 0 Å². The first kappa shape index (κ1) is 18.6. The van der Waals surface area contributed by atoms with Crippen LogP contribution in [0, 0.1) is 17.1 Å². The fourth-order valence-electron chi connectivity index (χ4n) is 3.35. The topological polar surface area (TPSA) is 95.1 Å². The molecule has 1 aliphatic heterocycles. The first-order valence-electron chi connectivity index (χ1n) is 9.28. The highest BCUT2D eigenvalue weighted by Crippen LogP contribution is 2.28. The van der Waals surface area contributed by atoms with E-state index < -0.39 is 0 Å². The number of hydrogen-bond donors (Lipinski definition) is 1. The number of nitriles is 1. The standard InChI is InChI=1S/C21H18FN5O2/c22-17-8-6-15(7-9-17)19-25-20(29-26-19)16-4-2-10-27(13-16)21(28)24-18-5-1-3-14(11-18)12-23/h1,3,5-9,11,16H,2,4,10,13H2,(H,24,28)/t16-/m1/s1. The van der Waals surface area contributed by atoms with Gasteiger partial charge in [-0.25, -0.2) is 9.18 Å². The third kappa shape index (κ3) is 4.24. The van der Waals surface area contributed by atoms with Crippen LogP contribution in [0.15, 0.2) is 53.1 Å². The summed E-state index contributed by atoms with van der Waals surface area (Å²) in [4.78, 5) is 18.8. The molecule has 3 aromatic rings. The van der Waals surface area contributed by atoms with Crippen molar-refractivity contribution in [2.24, 2.45) is 0 Å². The molecular formula is C21H18FN5O2. The second-order valence-corrected chi connectivity index (χ2v) is 6.87. The van der Waals surface area contributed by atoms with Gasteiger partial charge in [0, 0.05) is 24.3 Å². The normalized spacial score (nSPS) is 16.3. The van der Waals surface area contributed by atoms with Gasteiger partial charge in [-0.1, -0.05) is 11.2 Å². The van der Waals surface area contributed by atoms with Gasteiger partial charge < -0.3 is 14.7 Å². The van der Waals surface area contributed by atoms with Crippen molar-refractivity contribution in [3.8, 4) is 17.5 Å². The van der Waals surface area contributed by atoms with E-state index in [1.54, 1.807) is 41.3 Å². The van der Waals surface area contributed by atoms with Gasteiger partial charge in [-0.3, -0.25) is 0 Å². The van der Waals surface area contributed by atoms with Crippen LogP contribution in [0.1, 0.15) is 30.2 Å². The maximum absolute atomic E-state index is 13.1. The summed E-state index contributed by atoms with van der Waals surface area (Å²) in [6, 6.07) is 14.5. The Morgan fingerprint density at radius 1 is 1.28 bits per heavy atom. The zero-order valence-corrected chi connectivity index (χ0v) is 15.5. The Morgan fingerprint density at radius 3 is 2.90 bits per heavy atom. The summed E-state index contributed by atoms with van der Waals surface area (Å²) < 4.78 is 18.5. The molecule has 2 aromatic carbocycles. The average Bonchev–Trinajstić information content (AvgIpc) is 3.25. The van der Waals surface area contributed by atoms with E-state index in [1.165, 1.54) is 12.1 Å². The van der Waals surface area contributed by atoms with Crippen molar-refractivity contribution in [2.45, 2.75) is 18.8 Å². The molecule has 29 heavy (non-hydrogen) atoms. The van der Waals surface area contributed by atoms with Gasteiger partial charge in [0.25, 0.3) is 0 Å². The Balaban J connectivity index is 1.43. The highest BCUT2D eigenvalue weighted by molar-refractivity contribution is 5.89. The van der Waals surface area contributed by atoms with Gasteiger partial charge in [-0.2, -0.15) is 10.2 Å². The van der Waals surface area contributed by atoms with Crippen LogP contribution in [-0.4, -0.2) is 34.2 Å². The molecule has 1 saturated heterocycles. The number of likely N-dealkylation sites (tertiary alicyclic amines) is 1. The van der Waals surface area contributed by atoms with Gasteiger partial charge in [0.1, 0.15) is 5.82 Å². The average molecular weight is 391 g/mol. The van der Waals surface area contributed by atoms with Gasteiger partial charge in [0.2, 0.25) is 11.7 Å². The number of amides is 2. The summed E-state index contributed by atoms with van der Waals surface area (Å²) >= 11 is 0. The molecule has 1 N–H and O–H groups in total. The lowest BCUT2D eigenvalue weighted by Gasteiger charge is -2.31. The smallest absolute Gasteiger partial charge is 0.321 e. The third-order valence-corrected chi connectivity index (χ3v) is 4.84. The predicted octanol–water partition coefficient (Wildman–Crippen LogP) is 4.16. The monoisotopic (exact) mass is 391 g/mol. The van der Waals surface area contributed by atoms with Crippen molar-refractivity contribution >= 4 is 11.7 Å². The minimum atomic E-state index is -0.327. The number of nitrogens with one attached hydrogen (secondary N) is 1. The Kier molecular flexibility index (Phi) is 5.20. The molecule has 4 rings (SSSR count). The highest BCUT2D eigenvalue weighted by atomic mass is 19.1. The number of nitrogens with zero attached hydrogens (tertiary/aromatic N) is 4. The Morgan fingerprint density at radius 2 is 2.10 bits per heavy atom. The van der Waals surface area contributed by atoms with E-state index in [0.29, 0.717) is 41.6 Å². The van der Waals surface area contributed by atoms with Crippen LogP contribution in [0.4, 0.5) is 14.9 Å². The molecule has 0 radical (unpaired) electrons. The fraction of sp³-hybridized carbons (Fsp3) is 0.238. The summed E-state index contributed by atoms with van der Waals surface area (Å²) in [5.74, 6) is 0.469. The molecule has 1 fully saturated rings. The minimum absolute atomic E-state index is 0.0679. The highest BCUT2D eigenvalue weighted by Gasteiger charge is 2.28. The van der Waals surface area contributed by atoms with Crippen molar-refractivity contribution in [3.05, 3.63) is 65.8 Å². The van der Waals surface area contributed by atoms with Crippen LogP contribution in [-0.2, 0) is 0 Å². The second-order valence-electron chi connectivity index (χ2n) is 6.87. The largest absolute Gasteiger partial charge is 0.339 e. The maximum atomic E-state index is 13.1. The Bertz CT molecular complexity index is 1060. The fourth-order valence-corrected chi connectivity index (χ4v) is 3.35. The van der Waals surface area contributed by atoms with E-state index >= 15 is 0 Å². The SMILES string of the molecule is N#Cc1cccc(NC(=O)N2CCC[C@@H](c3nc(-c4ccc(F)cc4)no3)C2)c1. The zero-order valence-electron chi connectivity index (χ0n) is 15.5. The molecule has 8 heteroatoms. The molecule has 7 nitrogen and oxygen atoms in total. The lowest BCUT2D eigenvalue weighted by molar-refractivity contribution is 0.184. The van der Waals surface area contributed by atoms with E-state index in [0.717, 1.165) is 12.8 Å². The summed E-state index contributed by atoms with van der Waals surface area (Å²) in [6.07, 6.45) is 1.64.